The van der Waals surface area contributed by atoms with Gasteiger partial charge in [0.2, 0.25) is 0 Å². The van der Waals surface area contributed by atoms with Crippen molar-refractivity contribution in [3.8, 4) is 5.75 Å². The molecule has 0 aliphatic rings. The first kappa shape index (κ1) is 10.8. The van der Waals surface area contributed by atoms with Crippen LogP contribution < -0.4 is 4.74 Å². The second-order valence-corrected chi connectivity index (χ2v) is 3.40. The van der Waals surface area contributed by atoms with Crippen molar-refractivity contribution in [2.75, 3.05) is 0 Å². The fraction of sp³-hybridized carbons (Fsp3) is 0.417. The summed E-state index contributed by atoms with van der Waals surface area (Å²) in [4.78, 5) is 10.4. The Morgan fingerprint density at radius 1 is 1.36 bits per heavy atom. The van der Waals surface area contributed by atoms with Crippen molar-refractivity contribution in [3.63, 3.8) is 0 Å². The molecular weight excluding hydrogens is 176 g/mol. The van der Waals surface area contributed by atoms with E-state index >= 15 is 0 Å². The normalized spacial score (nSPS) is 12.1. The van der Waals surface area contributed by atoms with Crippen molar-refractivity contribution in [3.05, 3.63) is 29.8 Å². The zero-order chi connectivity index (χ0) is 10.4. The molecule has 0 radical (unpaired) electrons. The Kier molecular flexibility index (Phi) is 4.17. The van der Waals surface area contributed by atoms with Crippen LogP contribution in [-0.2, 0) is 0 Å². The maximum atomic E-state index is 10.4. The minimum atomic E-state index is 0.238. The molecule has 0 heterocycles. The molecule has 1 aromatic rings. The number of hydrogen-bond acceptors (Lipinski definition) is 2. The van der Waals surface area contributed by atoms with E-state index in [1.54, 1.807) is 12.1 Å². The third kappa shape index (κ3) is 3.21. The Bertz CT molecular complexity index is 277. The number of carbonyl (C=O) groups is 1. The molecule has 76 valence electrons. The second kappa shape index (κ2) is 5.43. The molecule has 1 rings (SSSR count). The predicted molar refractivity (Wildman–Crippen MR) is 56.8 cm³/mol. The van der Waals surface area contributed by atoms with Gasteiger partial charge in [0.15, 0.2) is 0 Å². The summed E-state index contributed by atoms with van der Waals surface area (Å²) in [6.07, 6.45) is 3.24. The molecule has 1 atom stereocenters. The molecule has 0 spiro atoms. The van der Waals surface area contributed by atoms with E-state index in [9.17, 15) is 4.79 Å². The maximum absolute atomic E-state index is 10.4. The van der Waals surface area contributed by atoms with Gasteiger partial charge in [-0.05, 0) is 37.6 Å². The largest absolute Gasteiger partial charge is 0.491 e. The lowest BCUT2D eigenvalue weighted by molar-refractivity contribution is 0.112. The number of benzene rings is 1. The van der Waals surface area contributed by atoms with Crippen molar-refractivity contribution >= 4 is 6.29 Å². The molecule has 0 saturated carbocycles. The van der Waals surface area contributed by atoms with Gasteiger partial charge in [0.25, 0.3) is 0 Å². The molecule has 0 amide bonds. The second-order valence-electron chi connectivity index (χ2n) is 3.40. The Hall–Kier alpha value is -1.31. The highest BCUT2D eigenvalue weighted by molar-refractivity contribution is 5.74. The molecule has 0 bridgehead atoms. The van der Waals surface area contributed by atoms with Crippen molar-refractivity contribution in [1.29, 1.82) is 0 Å². The van der Waals surface area contributed by atoms with Gasteiger partial charge in [0.1, 0.15) is 12.0 Å². The number of carbonyl (C=O) groups excluding carboxylic acids is 1. The van der Waals surface area contributed by atoms with Gasteiger partial charge in [-0.2, -0.15) is 0 Å². The highest BCUT2D eigenvalue weighted by atomic mass is 16.5. The van der Waals surface area contributed by atoms with Crippen molar-refractivity contribution in [2.45, 2.75) is 32.8 Å². The summed E-state index contributed by atoms with van der Waals surface area (Å²) in [6.45, 7) is 4.19. The standard InChI is InChI=1S/C12H16O2/c1-3-4-10(2)14-12-7-5-11(9-13)6-8-12/h5-10H,3-4H2,1-2H3. The SMILES string of the molecule is CCCC(C)Oc1ccc(C=O)cc1. The summed E-state index contributed by atoms with van der Waals surface area (Å²) in [5.41, 5.74) is 0.681. The predicted octanol–water partition coefficient (Wildman–Crippen LogP) is 3.07. The van der Waals surface area contributed by atoms with Gasteiger partial charge in [-0.1, -0.05) is 13.3 Å². The highest BCUT2D eigenvalue weighted by Crippen LogP contribution is 2.14. The average molecular weight is 192 g/mol. The Morgan fingerprint density at radius 2 is 2.00 bits per heavy atom. The minimum Gasteiger partial charge on any atom is -0.491 e. The summed E-state index contributed by atoms with van der Waals surface area (Å²) in [5, 5.41) is 0. The van der Waals surface area contributed by atoms with Crippen LogP contribution in [-0.4, -0.2) is 12.4 Å². The Morgan fingerprint density at radius 3 is 2.50 bits per heavy atom. The lowest BCUT2D eigenvalue weighted by Gasteiger charge is -2.13. The molecule has 0 N–H and O–H groups in total. The monoisotopic (exact) mass is 192 g/mol. The quantitative estimate of drug-likeness (QED) is 0.670. The van der Waals surface area contributed by atoms with Crippen LogP contribution in [0.3, 0.4) is 0 Å². The number of ether oxygens (including phenoxy) is 1. The highest BCUT2D eigenvalue weighted by Gasteiger charge is 2.01. The molecule has 2 nitrogen and oxygen atoms in total. The van der Waals surface area contributed by atoms with E-state index in [1.165, 1.54) is 0 Å². The topological polar surface area (TPSA) is 26.3 Å². The zero-order valence-electron chi connectivity index (χ0n) is 8.69. The number of aldehydes is 1. The van der Waals surface area contributed by atoms with Gasteiger partial charge in [-0.25, -0.2) is 0 Å². The van der Waals surface area contributed by atoms with Gasteiger partial charge in [0, 0.05) is 5.56 Å². The summed E-state index contributed by atoms with van der Waals surface area (Å²) in [6, 6.07) is 7.19. The molecule has 0 saturated heterocycles. The lowest BCUT2D eigenvalue weighted by atomic mass is 10.2. The van der Waals surface area contributed by atoms with Gasteiger partial charge < -0.3 is 4.74 Å². The van der Waals surface area contributed by atoms with Crippen LogP contribution in [0.4, 0.5) is 0 Å². The third-order valence-corrected chi connectivity index (χ3v) is 2.05. The van der Waals surface area contributed by atoms with Crippen molar-refractivity contribution in [1.82, 2.24) is 0 Å². The fourth-order valence-electron chi connectivity index (χ4n) is 1.32. The van der Waals surface area contributed by atoms with Gasteiger partial charge in [0.05, 0.1) is 6.10 Å². The Labute approximate surface area is 84.9 Å². The zero-order valence-corrected chi connectivity index (χ0v) is 8.69. The molecule has 0 aliphatic heterocycles. The van der Waals surface area contributed by atoms with Crippen LogP contribution in [0.15, 0.2) is 24.3 Å². The van der Waals surface area contributed by atoms with E-state index in [0.717, 1.165) is 24.9 Å². The van der Waals surface area contributed by atoms with Crippen LogP contribution in [0.5, 0.6) is 5.75 Å². The summed E-state index contributed by atoms with van der Waals surface area (Å²) < 4.78 is 5.64. The van der Waals surface area contributed by atoms with Crippen LogP contribution in [0.2, 0.25) is 0 Å². The first-order valence-electron chi connectivity index (χ1n) is 4.98. The number of hydrogen-bond donors (Lipinski definition) is 0. The average Bonchev–Trinajstić information content (AvgIpc) is 2.19. The molecule has 0 aromatic heterocycles. The number of rotatable bonds is 5. The van der Waals surface area contributed by atoms with E-state index < -0.39 is 0 Å². The van der Waals surface area contributed by atoms with Crippen molar-refractivity contribution < 1.29 is 9.53 Å². The fourth-order valence-corrected chi connectivity index (χ4v) is 1.32. The molecular formula is C12H16O2. The maximum Gasteiger partial charge on any atom is 0.150 e. The molecule has 0 fully saturated rings. The van der Waals surface area contributed by atoms with E-state index in [2.05, 4.69) is 13.8 Å². The van der Waals surface area contributed by atoms with Gasteiger partial charge in [-0.15, -0.1) is 0 Å². The molecule has 1 aromatic carbocycles. The van der Waals surface area contributed by atoms with Crippen LogP contribution in [0, 0.1) is 0 Å². The van der Waals surface area contributed by atoms with Crippen LogP contribution in [0.1, 0.15) is 37.0 Å². The van der Waals surface area contributed by atoms with Gasteiger partial charge >= 0.3 is 0 Å². The summed E-state index contributed by atoms with van der Waals surface area (Å²) in [7, 11) is 0. The van der Waals surface area contributed by atoms with E-state index in [0.29, 0.717) is 5.56 Å². The first-order valence-corrected chi connectivity index (χ1v) is 4.98. The molecule has 1 unspecified atom stereocenters. The summed E-state index contributed by atoms with van der Waals surface area (Å²) >= 11 is 0. The van der Waals surface area contributed by atoms with E-state index in [4.69, 9.17) is 4.74 Å². The Balaban J connectivity index is 2.55. The van der Waals surface area contributed by atoms with Crippen LogP contribution in [0.25, 0.3) is 0 Å². The summed E-state index contributed by atoms with van der Waals surface area (Å²) in [5.74, 6) is 0.830. The van der Waals surface area contributed by atoms with E-state index in [-0.39, 0.29) is 6.10 Å². The third-order valence-electron chi connectivity index (χ3n) is 2.05. The minimum absolute atomic E-state index is 0.238. The molecule has 2 heteroatoms. The molecule has 0 aliphatic carbocycles. The van der Waals surface area contributed by atoms with Gasteiger partial charge in [-0.3, -0.25) is 4.79 Å². The lowest BCUT2D eigenvalue weighted by Crippen LogP contribution is -2.10. The van der Waals surface area contributed by atoms with Crippen molar-refractivity contribution in [2.24, 2.45) is 0 Å². The first-order chi connectivity index (χ1) is 6.76. The molecule has 14 heavy (non-hydrogen) atoms. The van der Waals surface area contributed by atoms with Crippen LogP contribution >= 0.6 is 0 Å². The smallest absolute Gasteiger partial charge is 0.150 e. The van der Waals surface area contributed by atoms with E-state index in [1.807, 2.05) is 12.1 Å².